The van der Waals surface area contributed by atoms with Crippen molar-refractivity contribution in [2.75, 3.05) is 124 Å². The summed E-state index contributed by atoms with van der Waals surface area (Å²) in [5, 5.41) is 46.2. The molecular formula is C100H113N31O12. The standard InChI is InChI=1S/3C25H28N8O3.C25H29N7O3/c3*1-26-21-11-19(29-24-16(12-28-33(21)24)25(35)30-18-6-7-20(18)36-2)17-13-32(14-22(34)31-9-4-10-31)23-15(17)5-3-8-27-23;1-26-22-11-20(18-13-31(14-9-15(10-14)34-2)23-16(18)5-4-8-27-23)29-24-17(12-28-32(22)24)25(33)30-19-6-7-21(19)35-3/h3*3,5,8,11-13,18,20,26H,4,6-7,9-10,14H2,1-2H3,(H,30,35);4-5,8,11-15,19,21,26H,6-7,9-10H2,1-3H3,(H,30,33)/t18?,20-;2*18-,20-;14?,15?,19-,21-/m0101/s1. The molecule has 143 heavy (non-hydrogen) atoms. The molecule has 19 heterocycles. The molecule has 3 saturated heterocycles. The minimum atomic E-state index is -0.229. The van der Waals surface area contributed by atoms with Crippen LogP contribution >= 0.6 is 0 Å². The van der Waals surface area contributed by atoms with Crippen molar-refractivity contribution in [1.82, 2.24) is 133 Å². The van der Waals surface area contributed by atoms with Crippen LogP contribution in [0, 0.1) is 0 Å². The van der Waals surface area contributed by atoms with E-state index in [0.29, 0.717) is 85.4 Å². The molecule has 0 aromatic carbocycles. The predicted molar refractivity (Wildman–Crippen MR) is 533 cm³/mol. The number of aromatic nitrogens is 20. The number of nitrogens with one attached hydrogen (secondary N) is 8. The van der Waals surface area contributed by atoms with E-state index in [0.717, 1.165) is 201 Å². The molecule has 8 N–H and O–H groups in total. The van der Waals surface area contributed by atoms with Gasteiger partial charge in [0.1, 0.15) is 87.7 Å². The van der Waals surface area contributed by atoms with E-state index in [2.05, 4.69) is 99.7 Å². The van der Waals surface area contributed by atoms with Crippen molar-refractivity contribution < 1.29 is 57.2 Å². The Hall–Kier alpha value is -15.5. The third-order valence-electron chi connectivity index (χ3n) is 29.1. The second kappa shape index (κ2) is 39.9. The number of carbonyl (C=O) groups excluding carboxylic acids is 7. The number of nitrogens with zero attached hydrogens (tertiary/aromatic N) is 23. The Kier molecular flexibility index (Phi) is 26.2. The normalized spacial score (nSPS) is 20.3. The van der Waals surface area contributed by atoms with Gasteiger partial charge in [0.2, 0.25) is 17.7 Å². The zero-order chi connectivity index (χ0) is 98.5. The first-order valence-corrected chi connectivity index (χ1v) is 48.6. The van der Waals surface area contributed by atoms with Gasteiger partial charge in [0.25, 0.3) is 23.6 Å². The highest BCUT2D eigenvalue weighted by Gasteiger charge is 2.40. The number of methoxy groups -OCH3 is 5. The Labute approximate surface area is 819 Å². The molecule has 24 rings (SSSR count). The molecular weight excluding hydrogens is 1830 g/mol. The van der Waals surface area contributed by atoms with E-state index in [9.17, 15) is 33.6 Å². The number of carbonyl (C=O) groups is 7. The molecule has 5 aliphatic carbocycles. The lowest BCUT2D eigenvalue weighted by Gasteiger charge is -2.35. The number of ether oxygens (including phenoxy) is 5. The van der Waals surface area contributed by atoms with Crippen molar-refractivity contribution in [1.29, 1.82) is 0 Å². The van der Waals surface area contributed by atoms with Crippen LogP contribution in [0.2, 0.25) is 0 Å². The van der Waals surface area contributed by atoms with Crippen molar-refractivity contribution >= 4 is 131 Å². The second-order valence-electron chi connectivity index (χ2n) is 37.2. The predicted octanol–water partition coefficient (Wildman–Crippen LogP) is 8.83. The first-order chi connectivity index (χ1) is 69.8. The largest absolute Gasteiger partial charge is 0.381 e. The average molecular weight is 1940 g/mol. The first kappa shape index (κ1) is 93.8. The highest BCUT2D eigenvalue weighted by atomic mass is 16.5. The zero-order valence-electron chi connectivity index (χ0n) is 80.9. The number of hydrogen-bond acceptors (Lipinski definition) is 28. The fourth-order valence-electron chi connectivity index (χ4n) is 19.7. The summed E-state index contributed by atoms with van der Waals surface area (Å²) < 4.78 is 41.6. The van der Waals surface area contributed by atoms with Crippen LogP contribution in [0.1, 0.15) is 131 Å². The fraction of sp³-hybridized carbons (Fsp3) is 0.410. The summed E-state index contributed by atoms with van der Waals surface area (Å²) >= 11 is 0. The van der Waals surface area contributed by atoms with Gasteiger partial charge in [0.05, 0.1) is 102 Å². The summed E-state index contributed by atoms with van der Waals surface area (Å²) in [6, 6.07) is 23.4. The third-order valence-corrected chi connectivity index (χ3v) is 29.1. The summed E-state index contributed by atoms with van der Waals surface area (Å²) in [6.07, 6.45) is 33.9. The lowest BCUT2D eigenvalue weighted by Crippen LogP contribution is -2.51. The Balaban J connectivity index is 0.000000113. The van der Waals surface area contributed by atoms with Crippen molar-refractivity contribution in [2.45, 2.75) is 164 Å². The number of hydrogen-bond donors (Lipinski definition) is 8. The van der Waals surface area contributed by atoms with Gasteiger partial charge in [-0.2, -0.15) is 38.5 Å². The number of likely N-dealkylation sites (tertiary alicyclic amines) is 3. The van der Waals surface area contributed by atoms with Gasteiger partial charge in [-0.1, -0.05) is 0 Å². The van der Waals surface area contributed by atoms with Crippen molar-refractivity contribution in [2.24, 2.45) is 0 Å². The average Bonchev–Trinajstić information content (AvgIpc) is 1.61. The van der Waals surface area contributed by atoms with E-state index in [4.69, 9.17) is 43.6 Å². The molecule has 16 aromatic heterocycles. The topological polar surface area (TPSA) is 464 Å². The van der Waals surface area contributed by atoms with E-state index in [1.54, 1.807) is 118 Å². The maximum atomic E-state index is 13.1. The summed E-state index contributed by atoms with van der Waals surface area (Å²) in [7, 11) is 15.7. The lowest BCUT2D eigenvalue weighted by molar-refractivity contribution is -0.135. The van der Waals surface area contributed by atoms with Crippen LogP contribution in [0.3, 0.4) is 0 Å². The molecule has 43 nitrogen and oxygen atoms in total. The molecule has 16 aromatic rings. The van der Waals surface area contributed by atoms with Gasteiger partial charge in [0, 0.05) is 227 Å². The van der Waals surface area contributed by atoms with Crippen LogP contribution in [0.15, 0.2) is 147 Å². The molecule has 5 saturated carbocycles. The van der Waals surface area contributed by atoms with E-state index in [1.165, 1.54) is 0 Å². The van der Waals surface area contributed by atoms with Gasteiger partial charge in [-0.25, -0.2) is 39.9 Å². The van der Waals surface area contributed by atoms with Gasteiger partial charge < -0.3 is 99.2 Å². The molecule has 3 aliphatic heterocycles. The summed E-state index contributed by atoms with van der Waals surface area (Å²) in [5.74, 6) is 2.17. The maximum Gasteiger partial charge on any atom is 0.257 e. The SMILES string of the molecule is CNc1cc(-c2cn(C3CC(OC)C3)c3ncccc23)nc2c(C(=O)N[C@@H]3CC[C@H]3OC)cnn12.CNc1cc(-c2cn(CC(=O)N3CCC3)c3ncccc23)nc2c(C(=O)NC3CC[C@@H]3OC)cnn12.CNc1cc(-c2cn(CC(=O)N3CCC3)c3ncccc23)nc2c(C(=O)N[C@@H]3CC[C@H]3OC)cnn12.CNc1cc(-c2cn(CC(=O)N3CCC3)c3ncccc23)nc2c(C(=O)N[C@H]3CC[C@@H]3OC)cnn12. The van der Waals surface area contributed by atoms with Crippen LogP contribution in [0.25, 0.3) is 112 Å². The van der Waals surface area contributed by atoms with Crippen molar-refractivity contribution in [3.8, 4) is 45.0 Å². The molecule has 740 valence electrons. The number of pyridine rings is 4. The molecule has 7 amide bonds. The van der Waals surface area contributed by atoms with Crippen LogP contribution < -0.4 is 42.5 Å². The lowest BCUT2D eigenvalue weighted by atomic mass is 9.89. The molecule has 8 atom stereocenters. The van der Waals surface area contributed by atoms with Crippen LogP contribution in [-0.2, 0) is 57.7 Å². The molecule has 1 unspecified atom stereocenters. The Morgan fingerprint density at radius 2 is 0.601 bits per heavy atom. The zero-order valence-corrected chi connectivity index (χ0v) is 80.9. The van der Waals surface area contributed by atoms with Crippen LogP contribution in [-0.4, -0.2) is 310 Å². The summed E-state index contributed by atoms with van der Waals surface area (Å²) in [6.45, 7) is 5.49. The molecule has 0 spiro atoms. The van der Waals surface area contributed by atoms with Crippen molar-refractivity contribution in [3.63, 3.8) is 0 Å². The number of anilines is 4. The quantitative estimate of drug-likeness (QED) is 0.0227. The number of amides is 7. The monoisotopic (exact) mass is 1940 g/mol. The van der Waals surface area contributed by atoms with Gasteiger partial charge in [-0.05, 0) is 132 Å². The molecule has 0 bridgehead atoms. The third kappa shape index (κ3) is 17.7. The van der Waals surface area contributed by atoms with E-state index < -0.39 is 0 Å². The highest BCUT2D eigenvalue weighted by molar-refractivity contribution is 6.05. The number of fused-ring (bicyclic) bond motifs is 8. The van der Waals surface area contributed by atoms with E-state index in [-0.39, 0.29) is 116 Å². The smallest absolute Gasteiger partial charge is 0.257 e. The molecule has 43 heteroatoms. The Bertz CT molecular complexity index is 7040. The van der Waals surface area contributed by atoms with E-state index in [1.807, 2.05) is 127 Å². The highest BCUT2D eigenvalue weighted by Crippen LogP contribution is 2.42. The van der Waals surface area contributed by atoms with E-state index >= 15 is 0 Å². The minimum Gasteiger partial charge on any atom is -0.381 e. The summed E-state index contributed by atoms with van der Waals surface area (Å²) in [5.41, 5.74) is 12.8. The minimum absolute atomic E-state index is 0.0110. The fourth-order valence-corrected chi connectivity index (χ4v) is 19.7. The maximum absolute atomic E-state index is 13.1. The molecule has 8 aliphatic rings. The first-order valence-electron chi connectivity index (χ1n) is 48.6. The van der Waals surface area contributed by atoms with Crippen molar-refractivity contribution in [3.05, 3.63) is 169 Å². The summed E-state index contributed by atoms with van der Waals surface area (Å²) in [4.78, 5) is 134. The Morgan fingerprint density at radius 1 is 0.336 bits per heavy atom. The van der Waals surface area contributed by atoms with Crippen LogP contribution in [0.4, 0.5) is 23.3 Å². The van der Waals surface area contributed by atoms with Gasteiger partial charge >= 0.3 is 0 Å². The second-order valence-corrected chi connectivity index (χ2v) is 37.2. The van der Waals surface area contributed by atoms with Gasteiger partial charge in [-0.3, -0.25) is 33.6 Å². The van der Waals surface area contributed by atoms with Gasteiger partial charge in [-0.15, -0.1) is 0 Å². The molecule has 8 fully saturated rings. The van der Waals surface area contributed by atoms with Crippen LogP contribution in [0.5, 0.6) is 0 Å². The van der Waals surface area contributed by atoms with Gasteiger partial charge in [0.15, 0.2) is 22.6 Å². The Morgan fingerprint density at radius 3 is 0.839 bits per heavy atom. The molecule has 0 radical (unpaired) electrons. The number of rotatable bonds is 28.